The molecular weight excluding hydrogens is 281 g/mol. The van der Waals surface area contributed by atoms with E-state index in [1.807, 2.05) is 0 Å². The zero-order valence-electron chi connectivity index (χ0n) is 12.5. The summed E-state index contributed by atoms with van der Waals surface area (Å²) in [5, 5.41) is 7.10. The van der Waals surface area contributed by atoms with Gasteiger partial charge in [-0.3, -0.25) is 9.48 Å². The molecule has 1 aromatic carbocycles. The standard InChI is InChI=1S/C17H20FN3O/c18-16-9-5-4-8-14(16)11-21-12-15(10-19-21)20-17(22)13-6-2-1-3-7-13/h4-5,8-10,12-13H,1-3,6-7,11H2,(H,20,22). The van der Waals surface area contributed by atoms with Gasteiger partial charge >= 0.3 is 0 Å². The van der Waals surface area contributed by atoms with Gasteiger partial charge in [-0.25, -0.2) is 4.39 Å². The quantitative estimate of drug-likeness (QED) is 0.938. The van der Waals surface area contributed by atoms with Gasteiger partial charge < -0.3 is 5.32 Å². The van der Waals surface area contributed by atoms with Gasteiger partial charge in [-0.05, 0) is 18.9 Å². The van der Waals surface area contributed by atoms with Crippen molar-refractivity contribution in [1.29, 1.82) is 0 Å². The molecule has 116 valence electrons. The molecule has 0 saturated heterocycles. The summed E-state index contributed by atoms with van der Waals surface area (Å²) in [6, 6.07) is 6.63. The van der Waals surface area contributed by atoms with Gasteiger partial charge in [-0.1, -0.05) is 37.5 Å². The highest BCUT2D eigenvalue weighted by Crippen LogP contribution is 2.24. The second-order valence-corrected chi connectivity index (χ2v) is 5.84. The van der Waals surface area contributed by atoms with Crippen molar-refractivity contribution >= 4 is 11.6 Å². The molecule has 22 heavy (non-hydrogen) atoms. The van der Waals surface area contributed by atoms with Crippen LogP contribution < -0.4 is 5.32 Å². The minimum Gasteiger partial charge on any atom is -0.323 e. The minimum atomic E-state index is -0.245. The summed E-state index contributed by atoms with van der Waals surface area (Å²) in [6.07, 6.45) is 8.78. The Morgan fingerprint density at radius 3 is 2.82 bits per heavy atom. The van der Waals surface area contributed by atoms with Crippen LogP contribution in [0.2, 0.25) is 0 Å². The van der Waals surface area contributed by atoms with Crippen LogP contribution in [0.4, 0.5) is 10.1 Å². The summed E-state index contributed by atoms with van der Waals surface area (Å²) in [4.78, 5) is 12.2. The predicted octanol–water partition coefficient (Wildman–Crippen LogP) is 3.59. The molecule has 3 rings (SSSR count). The molecular formula is C17H20FN3O. The number of nitrogens with zero attached hydrogens (tertiary/aromatic N) is 2. The molecule has 1 saturated carbocycles. The van der Waals surface area contributed by atoms with Crippen LogP contribution in [0.1, 0.15) is 37.7 Å². The van der Waals surface area contributed by atoms with Crippen LogP contribution in [0.3, 0.4) is 0 Å². The Balaban J connectivity index is 1.61. The molecule has 0 radical (unpaired) electrons. The van der Waals surface area contributed by atoms with E-state index in [-0.39, 0.29) is 17.6 Å². The maximum absolute atomic E-state index is 13.6. The number of halogens is 1. The summed E-state index contributed by atoms with van der Waals surface area (Å²) in [5.41, 5.74) is 1.25. The van der Waals surface area contributed by atoms with Gasteiger partial charge in [0, 0.05) is 17.7 Å². The van der Waals surface area contributed by atoms with E-state index in [1.165, 1.54) is 12.5 Å². The lowest BCUT2D eigenvalue weighted by molar-refractivity contribution is -0.120. The Morgan fingerprint density at radius 1 is 1.27 bits per heavy atom. The lowest BCUT2D eigenvalue weighted by Crippen LogP contribution is -2.24. The number of aromatic nitrogens is 2. The summed E-state index contributed by atoms with van der Waals surface area (Å²) in [7, 11) is 0. The maximum Gasteiger partial charge on any atom is 0.227 e. The van der Waals surface area contributed by atoms with Crippen LogP contribution in [0.25, 0.3) is 0 Å². The highest BCUT2D eigenvalue weighted by Gasteiger charge is 2.21. The second kappa shape index (κ2) is 6.73. The highest BCUT2D eigenvalue weighted by molar-refractivity contribution is 5.92. The second-order valence-electron chi connectivity index (χ2n) is 5.84. The van der Waals surface area contributed by atoms with E-state index in [0.29, 0.717) is 17.8 Å². The van der Waals surface area contributed by atoms with Crippen molar-refractivity contribution in [2.45, 2.75) is 38.6 Å². The SMILES string of the molecule is O=C(Nc1cnn(Cc2ccccc2F)c1)C1CCCCC1. The van der Waals surface area contributed by atoms with Gasteiger partial charge in [0.25, 0.3) is 0 Å². The molecule has 2 aromatic rings. The molecule has 1 aromatic heterocycles. The summed E-state index contributed by atoms with van der Waals surface area (Å²) in [6.45, 7) is 0.353. The maximum atomic E-state index is 13.6. The number of hydrogen-bond acceptors (Lipinski definition) is 2. The van der Waals surface area contributed by atoms with E-state index in [9.17, 15) is 9.18 Å². The number of anilines is 1. The van der Waals surface area contributed by atoms with Crippen molar-refractivity contribution in [3.63, 3.8) is 0 Å². The van der Waals surface area contributed by atoms with Gasteiger partial charge in [-0.15, -0.1) is 0 Å². The van der Waals surface area contributed by atoms with Crippen molar-refractivity contribution in [3.8, 4) is 0 Å². The Kier molecular flexibility index (Phi) is 4.51. The fourth-order valence-corrected chi connectivity index (χ4v) is 2.92. The minimum absolute atomic E-state index is 0.0742. The van der Waals surface area contributed by atoms with Crippen LogP contribution >= 0.6 is 0 Å². The van der Waals surface area contributed by atoms with E-state index in [0.717, 1.165) is 25.7 Å². The average molecular weight is 301 g/mol. The van der Waals surface area contributed by atoms with Crippen LogP contribution in [0, 0.1) is 11.7 Å². The molecule has 1 amide bonds. The molecule has 0 atom stereocenters. The van der Waals surface area contributed by atoms with Crippen LogP contribution in [0.15, 0.2) is 36.7 Å². The van der Waals surface area contributed by atoms with Crippen LogP contribution in [-0.4, -0.2) is 15.7 Å². The molecule has 0 unspecified atom stereocenters. The molecule has 5 heteroatoms. The van der Waals surface area contributed by atoms with E-state index < -0.39 is 0 Å². The van der Waals surface area contributed by atoms with Crippen molar-refractivity contribution in [1.82, 2.24) is 9.78 Å². The molecule has 1 N–H and O–H groups in total. The van der Waals surface area contributed by atoms with Crippen LogP contribution in [-0.2, 0) is 11.3 Å². The number of hydrogen-bond donors (Lipinski definition) is 1. The number of carbonyl (C=O) groups excluding carboxylic acids is 1. The molecule has 1 aliphatic rings. The number of rotatable bonds is 4. The van der Waals surface area contributed by atoms with Crippen molar-refractivity contribution < 1.29 is 9.18 Å². The lowest BCUT2D eigenvalue weighted by atomic mass is 9.89. The Morgan fingerprint density at radius 2 is 2.05 bits per heavy atom. The summed E-state index contributed by atoms with van der Waals surface area (Å²) in [5.74, 6) is -0.0559. The fourth-order valence-electron chi connectivity index (χ4n) is 2.92. The lowest BCUT2D eigenvalue weighted by Gasteiger charge is -2.20. The van der Waals surface area contributed by atoms with E-state index in [2.05, 4.69) is 10.4 Å². The normalized spacial score (nSPS) is 15.7. The van der Waals surface area contributed by atoms with Crippen molar-refractivity contribution in [3.05, 3.63) is 48.0 Å². The summed E-state index contributed by atoms with van der Waals surface area (Å²) >= 11 is 0. The van der Waals surface area contributed by atoms with Gasteiger partial charge in [0.05, 0.1) is 18.4 Å². The first-order valence-electron chi connectivity index (χ1n) is 7.79. The Labute approximate surface area is 129 Å². The number of benzene rings is 1. The first-order chi connectivity index (χ1) is 10.7. The molecule has 1 heterocycles. The first-order valence-corrected chi connectivity index (χ1v) is 7.79. The number of amides is 1. The molecule has 1 aliphatic carbocycles. The monoisotopic (exact) mass is 301 g/mol. The fraction of sp³-hybridized carbons (Fsp3) is 0.412. The van der Waals surface area contributed by atoms with E-state index in [4.69, 9.17) is 0 Å². The van der Waals surface area contributed by atoms with Gasteiger partial charge in [-0.2, -0.15) is 5.10 Å². The topological polar surface area (TPSA) is 46.9 Å². The summed E-state index contributed by atoms with van der Waals surface area (Å²) < 4.78 is 15.3. The molecule has 4 nitrogen and oxygen atoms in total. The van der Waals surface area contributed by atoms with Gasteiger partial charge in [0.2, 0.25) is 5.91 Å². The van der Waals surface area contributed by atoms with E-state index in [1.54, 1.807) is 35.3 Å². The average Bonchev–Trinajstić information content (AvgIpc) is 2.97. The number of carbonyl (C=O) groups is 1. The van der Waals surface area contributed by atoms with Crippen molar-refractivity contribution in [2.75, 3.05) is 5.32 Å². The van der Waals surface area contributed by atoms with Crippen LogP contribution in [0.5, 0.6) is 0 Å². The van der Waals surface area contributed by atoms with Crippen molar-refractivity contribution in [2.24, 2.45) is 5.92 Å². The molecule has 1 fully saturated rings. The van der Waals surface area contributed by atoms with Gasteiger partial charge in [0.15, 0.2) is 0 Å². The largest absolute Gasteiger partial charge is 0.323 e. The number of nitrogens with one attached hydrogen (secondary N) is 1. The third-order valence-electron chi connectivity index (χ3n) is 4.17. The highest BCUT2D eigenvalue weighted by atomic mass is 19.1. The third kappa shape index (κ3) is 3.53. The molecule has 0 bridgehead atoms. The Bertz CT molecular complexity index is 647. The third-order valence-corrected chi connectivity index (χ3v) is 4.17. The zero-order chi connectivity index (χ0) is 15.4. The zero-order valence-corrected chi connectivity index (χ0v) is 12.5. The van der Waals surface area contributed by atoms with Gasteiger partial charge in [0.1, 0.15) is 5.82 Å². The predicted molar refractivity (Wildman–Crippen MR) is 82.9 cm³/mol. The molecule has 0 spiro atoms. The van der Waals surface area contributed by atoms with E-state index >= 15 is 0 Å². The molecule has 0 aliphatic heterocycles. The Hall–Kier alpha value is -2.17. The smallest absolute Gasteiger partial charge is 0.227 e. The first kappa shape index (κ1) is 14.8.